The molecule has 23 heavy (non-hydrogen) atoms. The summed E-state index contributed by atoms with van der Waals surface area (Å²) >= 11 is 0. The van der Waals surface area contributed by atoms with Crippen LogP contribution < -0.4 is 0 Å². The molecular weight excluding hydrogens is 296 g/mol. The number of carbonyl (C=O) groups excluding carboxylic acids is 1. The molecule has 0 aliphatic heterocycles. The predicted octanol–water partition coefficient (Wildman–Crippen LogP) is 1.21. The van der Waals surface area contributed by atoms with E-state index in [1.54, 1.807) is 0 Å². The van der Waals surface area contributed by atoms with Crippen LogP contribution in [0.3, 0.4) is 0 Å². The average Bonchev–Trinajstić information content (AvgIpc) is 2.85. The van der Waals surface area contributed by atoms with Crippen molar-refractivity contribution in [3.63, 3.8) is 0 Å². The number of aliphatic hydroxyl groups excluding tert-OH is 2. The zero-order valence-electron chi connectivity index (χ0n) is 13.1. The Morgan fingerprint density at radius 3 is 2.74 bits per heavy atom. The van der Waals surface area contributed by atoms with Crippen molar-refractivity contribution in [3.05, 3.63) is 47.5 Å². The highest BCUT2D eigenvalue weighted by molar-refractivity contribution is 5.51. The highest BCUT2D eigenvalue weighted by Gasteiger charge is 2.44. The van der Waals surface area contributed by atoms with Gasteiger partial charge in [0.05, 0.1) is 25.9 Å². The van der Waals surface area contributed by atoms with E-state index in [2.05, 4.69) is 0 Å². The van der Waals surface area contributed by atoms with Crippen LogP contribution in [0.2, 0.25) is 0 Å². The summed E-state index contributed by atoms with van der Waals surface area (Å²) in [7, 11) is 0. The van der Waals surface area contributed by atoms with Crippen LogP contribution in [0.15, 0.2) is 42.0 Å². The van der Waals surface area contributed by atoms with E-state index in [9.17, 15) is 15.0 Å². The molecule has 1 aromatic rings. The fraction of sp³-hybridized carbons (Fsp3) is 0.500. The van der Waals surface area contributed by atoms with Crippen LogP contribution in [0.25, 0.3) is 0 Å². The largest absolute Gasteiger partial charge is 0.394 e. The first-order valence-electron chi connectivity index (χ1n) is 7.86. The van der Waals surface area contributed by atoms with Crippen molar-refractivity contribution < 1.29 is 24.9 Å². The Morgan fingerprint density at radius 1 is 1.35 bits per heavy atom. The molecule has 1 aliphatic rings. The minimum absolute atomic E-state index is 0.0599. The fourth-order valence-electron chi connectivity index (χ4n) is 3.01. The highest BCUT2D eigenvalue weighted by Crippen LogP contribution is 2.40. The van der Waals surface area contributed by atoms with Crippen molar-refractivity contribution >= 4 is 6.29 Å². The molecule has 5 nitrogen and oxygen atoms in total. The number of aldehydes is 1. The Bertz CT molecular complexity index is 527. The number of hydrogen-bond acceptors (Lipinski definition) is 5. The minimum atomic E-state index is -1.27. The first-order chi connectivity index (χ1) is 11.1. The topological polar surface area (TPSA) is 87.0 Å². The summed E-state index contributed by atoms with van der Waals surface area (Å²) in [5.74, 6) is -0.253. The number of ether oxygens (including phenoxy) is 1. The van der Waals surface area contributed by atoms with Gasteiger partial charge in [-0.15, -0.1) is 0 Å². The van der Waals surface area contributed by atoms with E-state index in [4.69, 9.17) is 9.84 Å². The Morgan fingerprint density at radius 2 is 2.09 bits per heavy atom. The van der Waals surface area contributed by atoms with Crippen LogP contribution >= 0.6 is 0 Å². The van der Waals surface area contributed by atoms with Crippen LogP contribution in [-0.4, -0.2) is 46.5 Å². The molecule has 0 fully saturated rings. The van der Waals surface area contributed by atoms with E-state index in [0.717, 1.165) is 11.8 Å². The van der Waals surface area contributed by atoms with Crippen molar-refractivity contribution in [2.75, 3.05) is 13.2 Å². The fourth-order valence-corrected chi connectivity index (χ4v) is 3.01. The van der Waals surface area contributed by atoms with E-state index in [-0.39, 0.29) is 32.0 Å². The molecule has 0 radical (unpaired) electrons. The lowest BCUT2D eigenvalue weighted by molar-refractivity contribution is -0.112. The van der Waals surface area contributed by atoms with Crippen molar-refractivity contribution in [3.8, 4) is 0 Å². The molecule has 1 aromatic carbocycles. The van der Waals surface area contributed by atoms with Crippen molar-refractivity contribution in [1.29, 1.82) is 0 Å². The SMILES string of the molecule is O=CC[C@@H]1CC=C(CC(O)CO)[C@@]1(O)COCc1ccccc1. The second-order valence-electron chi connectivity index (χ2n) is 6.01. The summed E-state index contributed by atoms with van der Waals surface area (Å²) in [6.07, 6.45) is 2.71. The van der Waals surface area contributed by atoms with Crippen LogP contribution in [0.4, 0.5) is 0 Å². The lowest BCUT2D eigenvalue weighted by Gasteiger charge is -2.33. The standard InChI is InChI=1S/C18H24O5/c19-9-8-15-6-7-16(10-17(21)11-20)18(15,22)13-23-12-14-4-2-1-3-5-14/h1-5,7,9,15,17,20-22H,6,8,10-13H2/t15-,17?,18+/m0/s1. The molecule has 0 amide bonds. The molecule has 5 heteroatoms. The monoisotopic (exact) mass is 320 g/mol. The number of allylic oxidation sites excluding steroid dienone is 1. The van der Waals surface area contributed by atoms with E-state index in [1.165, 1.54) is 0 Å². The summed E-state index contributed by atoms with van der Waals surface area (Å²) < 4.78 is 5.68. The quantitative estimate of drug-likeness (QED) is 0.470. The maximum Gasteiger partial charge on any atom is 0.120 e. The first-order valence-corrected chi connectivity index (χ1v) is 7.86. The van der Waals surface area contributed by atoms with Gasteiger partial charge in [-0.1, -0.05) is 36.4 Å². The normalized spacial score (nSPS) is 25.2. The Balaban J connectivity index is 2.01. The number of aliphatic hydroxyl groups is 3. The van der Waals surface area contributed by atoms with E-state index >= 15 is 0 Å². The molecule has 2 rings (SSSR count). The maximum atomic E-state index is 11.0. The van der Waals surface area contributed by atoms with Crippen molar-refractivity contribution in [2.45, 2.75) is 37.6 Å². The second-order valence-corrected chi connectivity index (χ2v) is 6.01. The van der Waals surface area contributed by atoms with Gasteiger partial charge >= 0.3 is 0 Å². The smallest absolute Gasteiger partial charge is 0.120 e. The summed E-state index contributed by atoms with van der Waals surface area (Å²) in [6, 6.07) is 9.63. The van der Waals surface area contributed by atoms with Crippen LogP contribution in [-0.2, 0) is 16.1 Å². The lowest BCUT2D eigenvalue weighted by atomic mass is 9.82. The van der Waals surface area contributed by atoms with Gasteiger partial charge in [0.1, 0.15) is 11.9 Å². The van der Waals surface area contributed by atoms with Gasteiger partial charge in [0.15, 0.2) is 0 Å². The highest BCUT2D eigenvalue weighted by atomic mass is 16.5. The molecule has 3 N–H and O–H groups in total. The predicted molar refractivity (Wildman–Crippen MR) is 85.6 cm³/mol. The van der Waals surface area contributed by atoms with Gasteiger partial charge in [0.25, 0.3) is 0 Å². The minimum Gasteiger partial charge on any atom is -0.394 e. The molecule has 3 atom stereocenters. The number of hydrogen-bond donors (Lipinski definition) is 3. The van der Waals surface area contributed by atoms with Crippen LogP contribution in [0.5, 0.6) is 0 Å². The third-order valence-electron chi connectivity index (χ3n) is 4.36. The van der Waals surface area contributed by atoms with Crippen molar-refractivity contribution in [1.82, 2.24) is 0 Å². The molecule has 126 valence electrons. The third-order valence-corrected chi connectivity index (χ3v) is 4.36. The molecule has 0 heterocycles. The maximum absolute atomic E-state index is 11.0. The number of carbonyl (C=O) groups is 1. The molecular formula is C18H24O5. The zero-order chi connectivity index (χ0) is 16.7. The zero-order valence-corrected chi connectivity index (χ0v) is 13.1. The average molecular weight is 320 g/mol. The summed E-state index contributed by atoms with van der Waals surface area (Å²) in [5.41, 5.74) is 0.368. The molecule has 1 unspecified atom stereocenters. The van der Waals surface area contributed by atoms with Gasteiger partial charge in [-0.25, -0.2) is 0 Å². The second kappa shape index (κ2) is 8.36. The van der Waals surface area contributed by atoms with Gasteiger partial charge in [-0.2, -0.15) is 0 Å². The molecule has 0 saturated heterocycles. The summed E-state index contributed by atoms with van der Waals surface area (Å²) in [5, 5.41) is 29.7. The molecule has 0 spiro atoms. The number of benzene rings is 1. The first kappa shape index (κ1) is 17.8. The van der Waals surface area contributed by atoms with Gasteiger partial charge in [0.2, 0.25) is 0 Å². The van der Waals surface area contributed by atoms with Crippen LogP contribution in [0.1, 0.15) is 24.8 Å². The van der Waals surface area contributed by atoms with Gasteiger partial charge < -0.3 is 24.9 Å². The Kier molecular flexibility index (Phi) is 6.47. The van der Waals surface area contributed by atoms with Gasteiger partial charge in [-0.3, -0.25) is 0 Å². The Labute approximate surface area is 136 Å². The summed E-state index contributed by atoms with van der Waals surface area (Å²) in [4.78, 5) is 10.9. The van der Waals surface area contributed by atoms with E-state index in [1.807, 2.05) is 36.4 Å². The summed E-state index contributed by atoms with van der Waals surface area (Å²) in [6.45, 7) is 0.0633. The van der Waals surface area contributed by atoms with Gasteiger partial charge in [0, 0.05) is 12.3 Å². The van der Waals surface area contributed by atoms with E-state index in [0.29, 0.717) is 18.6 Å². The molecule has 0 bridgehead atoms. The molecule has 1 aliphatic carbocycles. The Hall–Kier alpha value is -1.53. The third kappa shape index (κ3) is 4.48. The van der Waals surface area contributed by atoms with Gasteiger partial charge in [-0.05, 0) is 24.0 Å². The molecule has 0 saturated carbocycles. The number of rotatable bonds is 9. The van der Waals surface area contributed by atoms with E-state index < -0.39 is 11.7 Å². The lowest BCUT2D eigenvalue weighted by Crippen LogP contribution is -2.42. The molecule has 0 aromatic heterocycles. The van der Waals surface area contributed by atoms with Crippen LogP contribution in [0, 0.1) is 5.92 Å². The van der Waals surface area contributed by atoms with Crippen molar-refractivity contribution in [2.24, 2.45) is 5.92 Å².